The van der Waals surface area contributed by atoms with Gasteiger partial charge in [-0.2, -0.15) is 0 Å². The van der Waals surface area contributed by atoms with Crippen LogP contribution < -0.4 is 14.8 Å². The second-order valence-corrected chi connectivity index (χ2v) is 7.47. The molecule has 1 saturated heterocycles. The molecule has 2 aliphatic rings. The first-order valence-electron chi connectivity index (χ1n) is 9.66. The van der Waals surface area contributed by atoms with Gasteiger partial charge in [-0.05, 0) is 35.9 Å². The average molecular weight is 400 g/mol. The predicted molar refractivity (Wildman–Crippen MR) is 101 cm³/mol. The second-order valence-electron chi connectivity index (χ2n) is 7.47. The molecule has 3 atom stereocenters. The number of benzene rings is 1. The first kappa shape index (κ1) is 19.2. The molecule has 4 rings (SSSR count). The molecule has 9 nitrogen and oxygen atoms in total. The summed E-state index contributed by atoms with van der Waals surface area (Å²) in [5, 5.41) is 10.1. The van der Waals surface area contributed by atoms with E-state index in [0.717, 1.165) is 18.4 Å². The third-order valence-electron chi connectivity index (χ3n) is 6.02. The van der Waals surface area contributed by atoms with Crippen LogP contribution in [0.25, 0.3) is 0 Å². The van der Waals surface area contributed by atoms with Crippen LogP contribution in [-0.2, 0) is 11.3 Å². The van der Waals surface area contributed by atoms with E-state index in [4.69, 9.17) is 9.47 Å². The normalized spacial score (nSPS) is 23.0. The molecule has 2 heterocycles. The Morgan fingerprint density at radius 3 is 2.90 bits per heavy atom. The van der Waals surface area contributed by atoms with Crippen molar-refractivity contribution >= 4 is 11.8 Å². The summed E-state index contributed by atoms with van der Waals surface area (Å²) in [7, 11) is 3.16. The number of fused-ring (bicyclic) bond motifs is 1. The molecular formula is C20H24N4O5. The van der Waals surface area contributed by atoms with Crippen LogP contribution in [0.15, 0.2) is 29.0 Å². The number of ether oxygens (including phenoxy) is 2. The fourth-order valence-corrected chi connectivity index (χ4v) is 4.40. The average Bonchev–Trinajstić information content (AvgIpc) is 3.27. The van der Waals surface area contributed by atoms with E-state index in [-0.39, 0.29) is 29.3 Å². The largest absolute Gasteiger partial charge is 0.493 e. The van der Waals surface area contributed by atoms with E-state index in [1.807, 2.05) is 18.2 Å². The number of rotatable bonds is 6. The predicted octanol–water partition coefficient (Wildman–Crippen LogP) is 1.50. The van der Waals surface area contributed by atoms with Crippen molar-refractivity contribution in [1.82, 2.24) is 20.5 Å². The summed E-state index contributed by atoms with van der Waals surface area (Å²) in [6.07, 6.45) is 3.08. The number of para-hydroxylation sites is 1. The Bertz CT molecular complexity index is 885. The molecule has 1 saturated carbocycles. The Balaban J connectivity index is 1.36. The van der Waals surface area contributed by atoms with Gasteiger partial charge in [0, 0.05) is 31.1 Å². The van der Waals surface area contributed by atoms with Crippen molar-refractivity contribution in [3.8, 4) is 11.5 Å². The van der Waals surface area contributed by atoms with Gasteiger partial charge in [-0.15, -0.1) is 0 Å². The Morgan fingerprint density at radius 1 is 1.31 bits per heavy atom. The number of likely N-dealkylation sites (tertiary alicyclic amines) is 1. The minimum atomic E-state index is -0.197. The van der Waals surface area contributed by atoms with Gasteiger partial charge in [0.1, 0.15) is 6.20 Å². The third kappa shape index (κ3) is 3.64. The van der Waals surface area contributed by atoms with Gasteiger partial charge in [0.2, 0.25) is 5.91 Å². The summed E-state index contributed by atoms with van der Waals surface area (Å²) >= 11 is 0. The Morgan fingerprint density at radius 2 is 2.17 bits per heavy atom. The molecule has 1 N–H and O–H groups in total. The molecule has 29 heavy (non-hydrogen) atoms. The zero-order valence-electron chi connectivity index (χ0n) is 16.5. The highest BCUT2D eigenvalue weighted by Crippen LogP contribution is 2.46. The number of hydrogen-bond acceptors (Lipinski definition) is 7. The summed E-state index contributed by atoms with van der Waals surface area (Å²) in [5.74, 6) is 1.62. The summed E-state index contributed by atoms with van der Waals surface area (Å²) in [4.78, 5) is 27.0. The van der Waals surface area contributed by atoms with Crippen LogP contribution in [0.1, 0.15) is 28.9 Å². The van der Waals surface area contributed by atoms with E-state index in [1.54, 1.807) is 19.1 Å². The summed E-state index contributed by atoms with van der Waals surface area (Å²) in [6, 6.07) is 5.59. The van der Waals surface area contributed by atoms with Crippen LogP contribution in [-0.4, -0.2) is 54.3 Å². The number of nitrogens with one attached hydrogen (secondary N) is 1. The molecule has 0 bridgehead atoms. The standard InChI is InChI=1S/C20H24N4O5/c1-27-17-5-3-4-13(18(17)28-2)9-21-19(25)14-8-12-6-7-24(11-15(12)14)20(26)16-10-22-29-23-16/h3-5,10,12,14-15H,6-9,11H2,1-2H3,(H,21,25)/t12-,14-,15-/m1/s1. The van der Waals surface area contributed by atoms with E-state index >= 15 is 0 Å². The molecule has 9 heteroatoms. The van der Waals surface area contributed by atoms with Gasteiger partial charge < -0.3 is 19.7 Å². The molecule has 1 aliphatic heterocycles. The fourth-order valence-electron chi connectivity index (χ4n) is 4.40. The van der Waals surface area contributed by atoms with E-state index < -0.39 is 0 Å². The van der Waals surface area contributed by atoms with E-state index in [1.165, 1.54) is 6.20 Å². The van der Waals surface area contributed by atoms with Gasteiger partial charge in [0.05, 0.1) is 14.2 Å². The minimum absolute atomic E-state index is 0.00789. The van der Waals surface area contributed by atoms with Gasteiger partial charge in [0.25, 0.3) is 5.91 Å². The monoisotopic (exact) mass is 400 g/mol. The summed E-state index contributed by atoms with van der Waals surface area (Å²) in [6.45, 7) is 1.58. The highest BCUT2D eigenvalue weighted by atomic mass is 16.6. The Kier molecular flexibility index (Phi) is 5.37. The molecular weight excluding hydrogens is 376 g/mol. The van der Waals surface area contributed by atoms with Crippen LogP contribution in [0.5, 0.6) is 11.5 Å². The maximum Gasteiger partial charge on any atom is 0.277 e. The number of piperidine rings is 1. The first-order chi connectivity index (χ1) is 14.1. The third-order valence-corrected chi connectivity index (χ3v) is 6.02. The topological polar surface area (TPSA) is 107 Å². The maximum atomic E-state index is 12.8. The first-order valence-corrected chi connectivity index (χ1v) is 9.66. The molecule has 1 aromatic heterocycles. The minimum Gasteiger partial charge on any atom is -0.493 e. The molecule has 154 valence electrons. The van der Waals surface area contributed by atoms with Crippen molar-refractivity contribution in [3.63, 3.8) is 0 Å². The van der Waals surface area contributed by atoms with Crippen LogP contribution in [0.4, 0.5) is 0 Å². The fraction of sp³-hybridized carbons (Fsp3) is 0.500. The number of aromatic nitrogens is 2. The lowest BCUT2D eigenvalue weighted by Crippen LogP contribution is -2.56. The highest BCUT2D eigenvalue weighted by Gasteiger charge is 2.48. The maximum absolute atomic E-state index is 12.8. The van der Waals surface area contributed by atoms with E-state index in [0.29, 0.717) is 37.1 Å². The molecule has 1 aliphatic carbocycles. The quantitative estimate of drug-likeness (QED) is 0.783. The molecule has 1 aromatic carbocycles. The van der Waals surface area contributed by atoms with Gasteiger partial charge in [0.15, 0.2) is 17.2 Å². The van der Waals surface area contributed by atoms with Crippen molar-refractivity contribution in [2.45, 2.75) is 19.4 Å². The van der Waals surface area contributed by atoms with Gasteiger partial charge in [-0.3, -0.25) is 9.59 Å². The van der Waals surface area contributed by atoms with Crippen LogP contribution >= 0.6 is 0 Å². The Hall–Kier alpha value is -3.10. The van der Waals surface area contributed by atoms with Crippen LogP contribution in [0, 0.1) is 17.8 Å². The second kappa shape index (κ2) is 8.10. The van der Waals surface area contributed by atoms with Crippen LogP contribution in [0.3, 0.4) is 0 Å². The Labute approximate surface area is 168 Å². The lowest BCUT2D eigenvalue weighted by Gasteiger charge is -2.50. The zero-order chi connectivity index (χ0) is 20.4. The molecule has 2 amide bonds. The van der Waals surface area contributed by atoms with Gasteiger partial charge >= 0.3 is 0 Å². The number of methoxy groups -OCH3 is 2. The van der Waals surface area contributed by atoms with E-state index in [2.05, 4.69) is 20.3 Å². The lowest BCUT2D eigenvalue weighted by atomic mass is 9.61. The highest BCUT2D eigenvalue weighted by molar-refractivity contribution is 5.92. The van der Waals surface area contributed by atoms with Crippen molar-refractivity contribution in [1.29, 1.82) is 0 Å². The molecule has 2 aromatic rings. The molecule has 0 unspecified atom stereocenters. The van der Waals surface area contributed by atoms with Crippen LogP contribution in [0.2, 0.25) is 0 Å². The SMILES string of the molecule is COc1cccc(CNC(=O)[C@@H]2C[C@H]3CCN(C(=O)c4cnon4)C[C@H]32)c1OC. The summed E-state index contributed by atoms with van der Waals surface area (Å²) < 4.78 is 15.3. The zero-order valence-corrected chi connectivity index (χ0v) is 16.5. The number of nitrogens with zero attached hydrogens (tertiary/aromatic N) is 3. The molecule has 0 radical (unpaired) electrons. The smallest absolute Gasteiger partial charge is 0.277 e. The molecule has 0 spiro atoms. The van der Waals surface area contributed by atoms with Crippen molar-refractivity contribution in [3.05, 3.63) is 35.7 Å². The molecule has 2 fully saturated rings. The lowest BCUT2D eigenvalue weighted by molar-refractivity contribution is -0.136. The summed E-state index contributed by atoms with van der Waals surface area (Å²) in [5.41, 5.74) is 1.06. The number of carbonyl (C=O) groups excluding carboxylic acids is 2. The van der Waals surface area contributed by atoms with Crippen molar-refractivity contribution in [2.75, 3.05) is 27.3 Å². The number of hydrogen-bond donors (Lipinski definition) is 1. The number of amides is 2. The van der Waals surface area contributed by atoms with Crippen molar-refractivity contribution in [2.24, 2.45) is 17.8 Å². The van der Waals surface area contributed by atoms with Gasteiger partial charge in [-0.1, -0.05) is 17.3 Å². The van der Waals surface area contributed by atoms with Crippen molar-refractivity contribution < 1.29 is 23.7 Å². The van der Waals surface area contributed by atoms with E-state index in [9.17, 15) is 9.59 Å². The number of carbonyl (C=O) groups is 2. The van der Waals surface area contributed by atoms with Gasteiger partial charge in [-0.25, -0.2) is 4.63 Å².